The Labute approximate surface area is 215 Å². The molecule has 5 nitrogen and oxygen atoms in total. The topological polar surface area (TPSA) is 87.4 Å². The number of aliphatic hydroxyl groups is 1. The van der Waals surface area contributed by atoms with Crippen molar-refractivity contribution in [2.75, 3.05) is 0 Å². The van der Waals surface area contributed by atoms with E-state index in [2.05, 4.69) is 10.6 Å². The highest BCUT2D eigenvalue weighted by Crippen LogP contribution is 2.39. The van der Waals surface area contributed by atoms with Crippen LogP contribution in [-0.2, 0) is 10.4 Å². The van der Waals surface area contributed by atoms with Crippen LogP contribution in [0.5, 0.6) is 0 Å². The molecule has 1 aliphatic rings. The largest absolute Gasteiger partial charge is 0.421 e. The highest BCUT2D eigenvalue weighted by Gasteiger charge is 2.51. The second-order valence-electron chi connectivity index (χ2n) is 10.5. The maximum absolute atomic E-state index is 14.4. The standard InChI is InChI=1S/C26H30F7N3O2/c1-22(2,27)14-19(21(37)36-24(34)12-13-24)35-20(25(28,29)30)17-6-4-15(5-7-17)16-8-10-18(11-9-16)23(3,38)26(31,32)33/h4-11,19-20,35,38H,12-14,34H2,1-3H3,(H,36,37)/t19-,20-,23?/m0/s1. The van der Waals surface area contributed by atoms with E-state index in [0.29, 0.717) is 30.9 Å². The molecule has 0 heterocycles. The molecule has 1 fully saturated rings. The van der Waals surface area contributed by atoms with Crippen molar-refractivity contribution >= 4 is 5.91 Å². The molecule has 12 heteroatoms. The van der Waals surface area contributed by atoms with Gasteiger partial charge in [-0.2, -0.15) is 26.3 Å². The van der Waals surface area contributed by atoms with Crippen LogP contribution in [0, 0.1) is 0 Å². The molecular weight excluding hydrogens is 519 g/mol. The van der Waals surface area contributed by atoms with Gasteiger partial charge in [0, 0.05) is 6.42 Å². The SMILES string of the molecule is CC(C)(F)C[C@H](N[C@@H](c1ccc(-c2ccc(C(C)(O)C(F)(F)F)cc2)cc1)C(F)(F)F)C(=O)NC1(N)CC1. The first-order valence-corrected chi connectivity index (χ1v) is 11.8. The van der Waals surface area contributed by atoms with Crippen molar-refractivity contribution in [1.82, 2.24) is 10.6 Å². The van der Waals surface area contributed by atoms with Gasteiger partial charge in [-0.15, -0.1) is 0 Å². The fourth-order valence-electron chi connectivity index (χ4n) is 3.90. The third-order valence-corrected chi connectivity index (χ3v) is 6.44. The van der Waals surface area contributed by atoms with E-state index in [0.717, 1.165) is 26.0 Å². The van der Waals surface area contributed by atoms with Crippen LogP contribution in [0.1, 0.15) is 57.2 Å². The van der Waals surface area contributed by atoms with Gasteiger partial charge in [0.1, 0.15) is 11.7 Å². The monoisotopic (exact) mass is 549 g/mol. The number of carbonyl (C=O) groups is 1. The summed E-state index contributed by atoms with van der Waals surface area (Å²) in [6.07, 6.45) is -9.35. The highest BCUT2D eigenvalue weighted by atomic mass is 19.4. The molecule has 1 amide bonds. The van der Waals surface area contributed by atoms with Crippen LogP contribution in [0.15, 0.2) is 48.5 Å². The van der Waals surface area contributed by atoms with E-state index in [1.807, 2.05) is 0 Å². The Hall–Kier alpha value is -2.70. The van der Waals surface area contributed by atoms with Crippen LogP contribution in [0.4, 0.5) is 30.7 Å². The molecule has 1 saturated carbocycles. The van der Waals surface area contributed by atoms with Crippen molar-refractivity contribution < 1.29 is 40.6 Å². The molecule has 3 rings (SSSR count). The summed E-state index contributed by atoms with van der Waals surface area (Å²) in [5, 5.41) is 14.5. The zero-order chi connectivity index (χ0) is 28.7. The lowest BCUT2D eigenvalue weighted by Crippen LogP contribution is -2.55. The summed E-state index contributed by atoms with van der Waals surface area (Å²) in [5.74, 6) is -0.837. The van der Waals surface area contributed by atoms with Gasteiger partial charge in [0.2, 0.25) is 5.91 Å². The van der Waals surface area contributed by atoms with Gasteiger partial charge < -0.3 is 16.2 Å². The summed E-state index contributed by atoms with van der Waals surface area (Å²) in [6, 6.07) is 5.99. The van der Waals surface area contributed by atoms with Crippen molar-refractivity contribution in [3.8, 4) is 11.1 Å². The second-order valence-corrected chi connectivity index (χ2v) is 10.5. The molecule has 0 spiro atoms. The second kappa shape index (κ2) is 10.1. The number of halogens is 7. The van der Waals surface area contributed by atoms with E-state index in [-0.39, 0.29) is 5.56 Å². The lowest BCUT2D eigenvalue weighted by Gasteiger charge is -2.30. The summed E-state index contributed by atoms with van der Waals surface area (Å²) >= 11 is 0. The van der Waals surface area contributed by atoms with Crippen LogP contribution in [0.25, 0.3) is 11.1 Å². The normalized spacial score (nSPS) is 18.8. The molecule has 2 aromatic rings. The van der Waals surface area contributed by atoms with Gasteiger partial charge in [0.25, 0.3) is 0 Å². The number of rotatable bonds is 9. The predicted molar refractivity (Wildman–Crippen MR) is 127 cm³/mol. The molecule has 0 radical (unpaired) electrons. The molecule has 5 N–H and O–H groups in total. The van der Waals surface area contributed by atoms with Gasteiger partial charge in [0.15, 0.2) is 5.60 Å². The molecule has 1 unspecified atom stereocenters. The number of amides is 1. The predicted octanol–water partition coefficient (Wildman–Crippen LogP) is 5.39. The van der Waals surface area contributed by atoms with E-state index in [1.54, 1.807) is 0 Å². The van der Waals surface area contributed by atoms with Gasteiger partial charge in [-0.25, -0.2) is 4.39 Å². The number of nitrogens with one attached hydrogen (secondary N) is 2. The van der Waals surface area contributed by atoms with Crippen LogP contribution in [0.2, 0.25) is 0 Å². The van der Waals surface area contributed by atoms with Gasteiger partial charge in [-0.05, 0) is 55.9 Å². The molecular formula is C26H30F7N3O2. The van der Waals surface area contributed by atoms with Crippen molar-refractivity contribution in [3.63, 3.8) is 0 Å². The molecule has 3 atom stereocenters. The van der Waals surface area contributed by atoms with E-state index < -0.39 is 59.3 Å². The Kier molecular flexibility index (Phi) is 7.95. The summed E-state index contributed by atoms with van der Waals surface area (Å²) in [4.78, 5) is 12.7. The minimum Gasteiger partial charge on any atom is -0.376 e. The fraction of sp³-hybridized carbons (Fsp3) is 0.500. The third-order valence-electron chi connectivity index (χ3n) is 6.44. The quantitative estimate of drug-likeness (QED) is 0.250. The third kappa shape index (κ3) is 7.23. The molecule has 38 heavy (non-hydrogen) atoms. The van der Waals surface area contributed by atoms with Crippen molar-refractivity contribution in [2.45, 2.75) is 81.4 Å². The van der Waals surface area contributed by atoms with Crippen LogP contribution >= 0.6 is 0 Å². The molecule has 0 saturated heterocycles. The van der Waals surface area contributed by atoms with Crippen LogP contribution in [-0.4, -0.2) is 40.7 Å². The lowest BCUT2D eigenvalue weighted by molar-refractivity contribution is -0.258. The van der Waals surface area contributed by atoms with E-state index >= 15 is 0 Å². The van der Waals surface area contributed by atoms with Crippen molar-refractivity contribution in [1.29, 1.82) is 0 Å². The van der Waals surface area contributed by atoms with Gasteiger partial charge in [-0.1, -0.05) is 48.5 Å². The first kappa shape index (κ1) is 29.9. The maximum Gasteiger partial charge on any atom is 0.421 e. The molecule has 1 aliphatic carbocycles. The Balaban J connectivity index is 1.85. The number of benzene rings is 2. The molecule has 0 aromatic heterocycles. The zero-order valence-corrected chi connectivity index (χ0v) is 21.0. The molecule has 0 aliphatic heterocycles. The zero-order valence-electron chi connectivity index (χ0n) is 21.0. The average molecular weight is 550 g/mol. The maximum atomic E-state index is 14.4. The number of hydrogen-bond acceptors (Lipinski definition) is 4. The minimum atomic E-state index is -4.90. The Morgan fingerprint density at radius 1 is 0.921 bits per heavy atom. The Bertz CT molecular complexity index is 1120. The first-order valence-electron chi connectivity index (χ1n) is 11.8. The van der Waals surface area contributed by atoms with Crippen LogP contribution < -0.4 is 16.4 Å². The van der Waals surface area contributed by atoms with Gasteiger partial charge in [0.05, 0.1) is 11.7 Å². The Morgan fingerprint density at radius 3 is 1.79 bits per heavy atom. The highest BCUT2D eigenvalue weighted by molar-refractivity contribution is 5.83. The van der Waals surface area contributed by atoms with E-state index in [4.69, 9.17) is 5.73 Å². The number of hydrogen-bond donors (Lipinski definition) is 4. The fourth-order valence-corrected chi connectivity index (χ4v) is 3.90. The summed E-state index contributed by atoms with van der Waals surface area (Å²) in [6.45, 7) is 2.93. The Morgan fingerprint density at radius 2 is 1.39 bits per heavy atom. The number of alkyl halides is 7. The summed E-state index contributed by atoms with van der Waals surface area (Å²) in [5.41, 5.74) is 0.00448. The van der Waals surface area contributed by atoms with Crippen molar-refractivity contribution in [2.24, 2.45) is 5.73 Å². The van der Waals surface area contributed by atoms with Gasteiger partial charge >= 0.3 is 12.4 Å². The smallest absolute Gasteiger partial charge is 0.376 e. The van der Waals surface area contributed by atoms with Crippen molar-refractivity contribution in [3.05, 3.63) is 59.7 Å². The van der Waals surface area contributed by atoms with Gasteiger partial charge in [-0.3, -0.25) is 10.1 Å². The lowest BCUT2D eigenvalue weighted by atomic mass is 9.92. The average Bonchev–Trinajstić information content (AvgIpc) is 3.50. The van der Waals surface area contributed by atoms with Crippen LogP contribution in [0.3, 0.4) is 0 Å². The summed E-state index contributed by atoms with van der Waals surface area (Å²) in [7, 11) is 0. The molecule has 0 bridgehead atoms. The first-order chi connectivity index (χ1) is 17.2. The molecule has 210 valence electrons. The van der Waals surface area contributed by atoms with E-state index in [1.165, 1.54) is 36.4 Å². The summed E-state index contributed by atoms with van der Waals surface area (Å²) < 4.78 is 95.8. The number of carbonyl (C=O) groups excluding carboxylic acids is 1. The number of nitrogens with two attached hydrogens (primary N) is 1. The van der Waals surface area contributed by atoms with E-state index in [9.17, 15) is 40.6 Å². The minimum absolute atomic E-state index is 0.249. The molecule has 2 aromatic carbocycles.